The van der Waals surface area contributed by atoms with Crippen molar-refractivity contribution in [1.82, 2.24) is 0 Å². The van der Waals surface area contributed by atoms with Crippen LogP contribution in [0.5, 0.6) is 5.75 Å². The van der Waals surface area contributed by atoms with Crippen LogP contribution in [0.3, 0.4) is 0 Å². The molecule has 0 amide bonds. The van der Waals surface area contributed by atoms with E-state index in [-0.39, 0.29) is 5.69 Å². The molecule has 0 saturated carbocycles. The van der Waals surface area contributed by atoms with Crippen LogP contribution in [-0.2, 0) is 13.5 Å². The van der Waals surface area contributed by atoms with E-state index >= 15 is 0 Å². The van der Waals surface area contributed by atoms with E-state index in [0.717, 1.165) is 0 Å². The average Bonchev–Trinajstić information content (AvgIpc) is 2.16. The molecule has 15 heavy (non-hydrogen) atoms. The standard InChI is InChI=1S/C8H7NO3.2ClH.Ru/c1-6-5-7(9(10)11)3-4-8(6)12-2;;;/h1,3-5H,2H3;2*1H;/q;;;+2/p-2. The quantitative estimate of drug-likeness (QED) is 0.484. The fraction of sp³-hybridized carbons (Fsp3) is 0.125. The minimum atomic E-state index is -2.01. The summed E-state index contributed by atoms with van der Waals surface area (Å²) in [4.78, 5) is 10.1. The second-order valence-corrected chi connectivity index (χ2v) is 8.22. The Balaban J connectivity index is 3.25. The number of halogens is 2. The third-order valence-electron chi connectivity index (χ3n) is 1.61. The predicted octanol–water partition coefficient (Wildman–Crippen LogP) is 2.68. The van der Waals surface area contributed by atoms with Gasteiger partial charge in [-0.15, -0.1) is 0 Å². The summed E-state index contributed by atoms with van der Waals surface area (Å²) in [6.07, 6.45) is 0. The number of rotatable bonds is 3. The molecule has 0 spiro atoms. The van der Waals surface area contributed by atoms with E-state index in [0.29, 0.717) is 11.3 Å². The zero-order valence-corrected chi connectivity index (χ0v) is 10.8. The first kappa shape index (κ1) is 12.6. The van der Waals surface area contributed by atoms with Gasteiger partial charge in [0.1, 0.15) is 0 Å². The Hall–Kier alpha value is -0.507. The number of nitro groups is 1. The van der Waals surface area contributed by atoms with Crippen LogP contribution < -0.4 is 4.74 Å². The molecular weight excluding hydrogens is 330 g/mol. The van der Waals surface area contributed by atoms with E-state index in [2.05, 4.69) is 0 Å². The van der Waals surface area contributed by atoms with Gasteiger partial charge in [0, 0.05) is 0 Å². The van der Waals surface area contributed by atoms with E-state index in [9.17, 15) is 10.1 Å². The Labute approximate surface area is 99.4 Å². The zero-order chi connectivity index (χ0) is 11.4. The molecule has 4 nitrogen and oxygen atoms in total. The Kier molecular flexibility index (Phi) is 4.64. The van der Waals surface area contributed by atoms with Crippen molar-refractivity contribution in [3.63, 3.8) is 0 Å². The summed E-state index contributed by atoms with van der Waals surface area (Å²) >= 11 is -2.01. The molecule has 84 valence electrons. The van der Waals surface area contributed by atoms with Crippen molar-refractivity contribution in [2.75, 3.05) is 7.11 Å². The third-order valence-corrected chi connectivity index (χ3v) is 3.44. The van der Waals surface area contributed by atoms with Gasteiger partial charge in [-0.25, -0.2) is 0 Å². The van der Waals surface area contributed by atoms with Crippen LogP contribution in [0.25, 0.3) is 0 Å². The van der Waals surface area contributed by atoms with Gasteiger partial charge in [-0.1, -0.05) is 0 Å². The number of hydrogen-bond acceptors (Lipinski definition) is 3. The molecule has 0 bridgehead atoms. The van der Waals surface area contributed by atoms with Gasteiger partial charge >= 0.3 is 99.6 Å². The van der Waals surface area contributed by atoms with Gasteiger partial charge in [-0.05, 0) is 0 Å². The summed E-state index contributed by atoms with van der Waals surface area (Å²) in [5, 5.41) is 10.5. The van der Waals surface area contributed by atoms with E-state index in [1.54, 1.807) is 4.61 Å². The van der Waals surface area contributed by atoms with Gasteiger partial charge in [-0.2, -0.15) is 0 Å². The molecule has 0 aliphatic rings. The van der Waals surface area contributed by atoms with Crippen LogP contribution in [0.2, 0.25) is 0 Å². The fourth-order valence-electron chi connectivity index (χ4n) is 0.998. The summed E-state index contributed by atoms with van der Waals surface area (Å²) in [5.41, 5.74) is 0.557. The van der Waals surface area contributed by atoms with Crippen LogP contribution in [0.15, 0.2) is 18.2 Å². The monoisotopic (exact) mass is 337 g/mol. The molecule has 0 aromatic heterocycles. The second kappa shape index (κ2) is 5.54. The Morgan fingerprint density at radius 3 is 2.67 bits per heavy atom. The third kappa shape index (κ3) is 3.52. The van der Waals surface area contributed by atoms with Gasteiger partial charge in [0.15, 0.2) is 0 Å². The van der Waals surface area contributed by atoms with Crippen molar-refractivity contribution in [1.29, 1.82) is 0 Å². The Morgan fingerprint density at radius 2 is 2.20 bits per heavy atom. The van der Waals surface area contributed by atoms with Crippen molar-refractivity contribution in [2.24, 2.45) is 0 Å². The first-order valence-electron chi connectivity index (χ1n) is 3.70. The number of ether oxygens (including phenoxy) is 1. The van der Waals surface area contributed by atoms with Crippen molar-refractivity contribution in [3.05, 3.63) is 33.9 Å². The van der Waals surface area contributed by atoms with E-state index in [1.165, 1.54) is 25.3 Å². The van der Waals surface area contributed by atoms with Crippen LogP contribution in [0.1, 0.15) is 5.56 Å². The van der Waals surface area contributed by atoms with Gasteiger partial charge < -0.3 is 0 Å². The van der Waals surface area contributed by atoms with Crippen molar-refractivity contribution >= 4 is 29.7 Å². The summed E-state index contributed by atoms with van der Waals surface area (Å²) in [5.74, 6) is 0.528. The van der Waals surface area contributed by atoms with Gasteiger partial charge in [0.05, 0.1) is 0 Å². The van der Waals surface area contributed by atoms with Crippen molar-refractivity contribution in [2.45, 2.75) is 0 Å². The van der Waals surface area contributed by atoms with Crippen molar-refractivity contribution in [3.8, 4) is 5.75 Å². The molecule has 0 N–H and O–H groups in total. The van der Waals surface area contributed by atoms with Gasteiger partial charge in [0.2, 0.25) is 0 Å². The maximum absolute atomic E-state index is 10.5. The number of non-ortho nitro benzene ring substituents is 1. The molecule has 0 aliphatic carbocycles. The molecule has 0 heterocycles. The number of hydrogen-bond donors (Lipinski definition) is 0. The summed E-state index contributed by atoms with van der Waals surface area (Å²) in [6, 6.07) is 4.29. The molecular formula is C8H7Cl2NO3Ru. The van der Waals surface area contributed by atoms with E-state index in [1.807, 2.05) is 0 Å². The summed E-state index contributed by atoms with van der Waals surface area (Å²) < 4.78 is 6.64. The topological polar surface area (TPSA) is 52.4 Å². The first-order valence-corrected chi connectivity index (χ1v) is 9.18. The summed E-state index contributed by atoms with van der Waals surface area (Å²) in [6.45, 7) is 0. The Morgan fingerprint density at radius 1 is 1.53 bits per heavy atom. The SMILES string of the molecule is COc1ccc([N+](=O)[O-])cc1[CH]=[Ru]([Cl])[Cl]. The molecule has 1 aromatic rings. The number of benzene rings is 1. The number of methoxy groups -OCH3 is 1. The van der Waals surface area contributed by atoms with E-state index < -0.39 is 18.4 Å². The van der Waals surface area contributed by atoms with Crippen LogP contribution >= 0.6 is 19.4 Å². The van der Waals surface area contributed by atoms with Crippen LogP contribution in [0.4, 0.5) is 5.69 Å². The molecule has 0 saturated heterocycles. The van der Waals surface area contributed by atoms with Crippen LogP contribution in [-0.4, -0.2) is 16.6 Å². The molecule has 0 atom stereocenters. The Bertz CT molecular complexity index is 418. The second-order valence-electron chi connectivity index (χ2n) is 2.49. The maximum atomic E-state index is 10.5. The normalized spacial score (nSPS) is 10.7. The minimum absolute atomic E-state index is 0.00852. The number of nitrogens with zero attached hydrogens (tertiary/aromatic N) is 1. The molecule has 1 aromatic carbocycles. The zero-order valence-electron chi connectivity index (χ0n) is 7.59. The molecule has 0 unspecified atom stereocenters. The fourth-order valence-corrected chi connectivity index (χ4v) is 2.78. The molecule has 1 rings (SSSR count). The predicted molar refractivity (Wildman–Crippen MR) is 56.5 cm³/mol. The molecule has 0 radical (unpaired) electrons. The molecule has 0 aliphatic heterocycles. The van der Waals surface area contributed by atoms with Crippen LogP contribution in [0, 0.1) is 10.1 Å². The average molecular weight is 337 g/mol. The van der Waals surface area contributed by atoms with E-state index in [4.69, 9.17) is 24.1 Å². The molecule has 7 heteroatoms. The number of nitro benzene ring substituents is 1. The first-order chi connectivity index (χ1) is 7.04. The molecule has 0 fully saturated rings. The van der Waals surface area contributed by atoms with Crippen molar-refractivity contribution < 1.29 is 23.2 Å². The summed E-state index contributed by atoms with van der Waals surface area (Å²) in [7, 11) is 12.9. The van der Waals surface area contributed by atoms with Gasteiger partial charge in [-0.3, -0.25) is 0 Å². The van der Waals surface area contributed by atoms with Gasteiger partial charge in [0.25, 0.3) is 0 Å².